The summed E-state index contributed by atoms with van der Waals surface area (Å²) in [5.41, 5.74) is 7.57. The minimum atomic E-state index is -2.92. The number of hydrogen-bond donors (Lipinski definition) is 1. The van der Waals surface area contributed by atoms with Crippen LogP contribution in [0.5, 0.6) is 0 Å². The van der Waals surface area contributed by atoms with Crippen molar-refractivity contribution in [2.45, 2.75) is 12.3 Å². The molecule has 1 aromatic carbocycles. The Labute approximate surface area is 98.5 Å². The number of aromatic nitrogens is 1. The fraction of sp³-hybridized carbons (Fsp3) is 0.364. The van der Waals surface area contributed by atoms with Gasteiger partial charge in [-0.05, 0) is 18.6 Å². The lowest BCUT2D eigenvalue weighted by Gasteiger charge is -1.99. The Morgan fingerprint density at radius 2 is 2.24 bits per heavy atom. The molecule has 0 spiro atoms. The van der Waals surface area contributed by atoms with Crippen molar-refractivity contribution in [3.05, 3.63) is 24.1 Å². The second-order valence-electron chi connectivity index (χ2n) is 4.35. The molecule has 2 aromatic rings. The topological polar surface area (TPSA) is 86.2 Å². The lowest BCUT2D eigenvalue weighted by Crippen LogP contribution is -2.03. The van der Waals surface area contributed by atoms with Crippen LogP contribution in [0.25, 0.3) is 11.1 Å². The van der Waals surface area contributed by atoms with Crippen LogP contribution >= 0.6 is 0 Å². The summed E-state index contributed by atoms with van der Waals surface area (Å²) in [7, 11) is -2.92. The second-order valence-corrected chi connectivity index (χ2v) is 6.57. The molecule has 6 heteroatoms. The number of oxazole rings is 1. The normalized spacial score (nSPS) is 23.2. The molecule has 3 rings (SSSR count). The maximum absolute atomic E-state index is 11.4. The van der Waals surface area contributed by atoms with Crippen LogP contribution in [0.4, 0.5) is 5.69 Å². The molecule has 2 N–H and O–H groups in total. The summed E-state index contributed by atoms with van der Waals surface area (Å²) in [6, 6.07) is 5.32. The zero-order valence-electron chi connectivity index (χ0n) is 9.09. The van der Waals surface area contributed by atoms with Gasteiger partial charge in [-0.2, -0.15) is 0 Å². The largest absolute Gasteiger partial charge is 0.440 e. The van der Waals surface area contributed by atoms with Crippen LogP contribution in [0.3, 0.4) is 0 Å². The summed E-state index contributed by atoms with van der Waals surface area (Å²) in [5, 5.41) is 0. The van der Waals surface area contributed by atoms with Gasteiger partial charge in [0.1, 0.15) is 5.52 Å². The fourth-order valence-electron chi connectivity index (χ4n) is 2.15. The van der Waals surface area contributed by atoms with E-state index in [0.29, 0.717) is 29.1 Å². The summed E-state index contributed by atoms with van der Waals surface area (Å²) >= 11 is 0. The van der Waals surface area contributed by atoms with E-state index in [4.69, 9.17) is 10.2 Å². The summed E-state index contributed by atoms with van der Waals surface area (Å²) in [6.07, 6.45) is 0.578. The average molecular weight is 252 g/mol. The Morgan fingerprint density at radius 1 is 1.41 bits per heavy atom. The first-order valence-corrected chi connectivity index (χ1v) is 7.23. The zero-order chi connectivity index (χ0) is 12.0. The van der Waals surface area contributed by atoms with Crippen LogP contribution in [0.1, 0.15) is 18.2 Å². The number of nitrogen functional groups attached to an aromatic ring is 1. The van der Waals surface area contributed by atoms with Crippen LogP contribution in [0, 0.1) is 0 Å². The Bertz CT molecular complexity index is 675. The van der Waals surface area contributed by atoms with E-state index in [1.807, 2.05) is 0 Å². The van der Waals surface area contributed by atoms with Gasteiger partial charge in [0.15, 0.2) is 21.3 Å². The summed E-state index contributed by atoms with van der Waals surface area (Å²) in [6.45, 7) is 0. The van der Waals surface area contributed by atoms with Crippen molar-refractivity contribution in [1.29, 1.82) is 0 Å². The summed E-state index contributed by atoms with van der Waals surface area (Å²) < 4.78 is 28.4. The standard InChI is InChI=1S/C11H12N2O3S/c12-8-2-1-3-9-10(8)13-11(16-9)7-4-5-17(14,15)6-7/h1-3,7H,4-6,12H2. The number of fused-ring (bicyclic) bond motifs is 1. The molecule has 0 amide bonds. The number of anilines is 1. The number of sulfone groups is 1. The molecule has 1 aliphatic heterocycles. The van der Waals surface area contributed by atoms with Gasteiger partial charge in [-0.15, -0.1) is 0 Å². The molecule has 5 nitrogen and oxygen atoms in total. The highest BCUT2D eigenvalue weighted by atomic mass is 32.2. The highest BCUT2D eigenvalue weighted by molar-refractivity contribution is 7.91. The Hall–Kier alpha value is -1.56. The van der Waals surface area contributed by atoms with Crippen molar-refractivity contribution >= 4 is 26.6 Å². The molecule has 90 valence electrons. The first-order valence-electron chi connectivity index (χ1n) is 5.40. The van der Waals surface area contributed by atoms with Crippen molar-refractivity contribution in [3.8, 4) is 0 Å². The first-order chi connectivity index (χ1) is 8.05. The first kappa shape index (κ1) is 10.6. The molecule has 1 aliphatic rings. The van der Waals surface area contributed by atoms with E-state index in [-0.39, 0.29) is 17.4 Å². The van der Waals surface area contributed by atoms with Crippen LogP contribution in [0.15, 0.2) is 22.6 Å². The molecule has 0 aliphatic carbocycles. The minimum absolute atomic E-state index is 0.125. The van der Waals surface area contributed by atoms with Gasteiger partial charge in [-0.25, -0.2) is 13.4 Å². The lowest BCUT2D eigenvalue weighted by molar-refractivity contribution is 0.489. The molecule has 1 atom stereocenters. The minimum Gasteiger partial charge on any atom is -0.440 e. The third-order valence-electron chi connectivity index (χ3n) is 3.05. The van der Waals surface area contributed by atoms with E-state index in [9.17, 15) is 8.42 Å². The molecule has 1 aromatic heterocycles. The predicted molar refractivity (Wildman–Crippen MR) is 64.4 cm³/mol. The van der Waals surface area contributed by atoms with Gasteiger partial charge in [-0.1, -0.05) is 6.07 Å². The van der Waals surface area contributed by atoms with Crippen molar-refractivity contribution < 1.29 is 12.8 Å². The fourth-order valence-corrected chi connectivity index (χ4v) is 3.88. The molecule has 0 bridgehead atoms. The number of benzene rings is 1. The molecule has 17 heavy (non-hydrogen) atoms. The van der Waals surface area contributed by atoms with Gasteiger partial charge in [0.2, 0.25) is 0 Å². The van der Waals surface area contributed by atoms with E-state index in [0.717, 1.165) is 0 Å². The Morgan fingerprint density at radius 3 is 2.88 bits per heavy atom. The molecule has 0 radical (unpaired) electrons. The van der Waals surface area contributed by atoms with E-state index in [2.05, 4.69) is 4.98 Å². The number of nitrogens with zero attached hydrogens (tertiary/aromatic N) is 1. The van der Waals surface area contributed by atoms with Crippen molar-refractivity contribution in [2.24, 2.45) is 0 Å². The maximum Gasteiger partial charge on any atom is 0.199 e. The molecule has 2 heterocycles. The van der Waals surface area contributed by atoms with Crippen molar-refractivity contribution in [2.75, 3.05) is 17.2 Å². The van der Waals surface area contributed by atoms with Crippen LogP contribution in [-0.4, -0.2) is 24.9 Å². The van der Waals surface area contributed by atoms with E-state index in [1.165, 1.54) is 0 Å². The Balaban J connectivity index is 2.05. The van der Waals surface area contributed by atoms with Gasteiger partial charge >= 0.3 is 0 Å². The number of para-hydroxylation sites is 1. The van der Waals surface area contributed by atoms with E-state index < -0.39 is 9.84 Å². The van der Waals surface area contributed by atoms with Crippen molar-refractivity contribution in [3.63, 3.8) is 0 Å². The number of hydrogen-bond acceptors (Lipinski definition) is 5. The van der Waals surface area contributed by atoms with Gasteiger partial charge in [0, 0.05) is 0 Å². The van der Waals surface area contributed by atoms with Gasteiger partial charge in [-0.3, -0.25) is 0 Å². The molecular weight excluding hydrogens is 240 g/mol. The molecule has 1 saturated heterocycles. The third kappa shape index (κ3) is 1.78. The average Bonchev–Trinajstić information content (AvgIpc) is 2.82. The molecule has 1 unspecified atom stereocenters. The quantitative estimate of drug-likeness (QED) is 0.773. The predicted octanol–water partition coefficient (Wildman–Crippen LogP) is 1.31. The van der Waals surface area contributed by atoms with Crippen LogP contribution in [-0.2, 0) is 9.84 Å². The van der Waals surface area contributed by atoms with Gasteiger partial charge in [0.05, 0.1) is 23.1 Å². The highest BCUT2D eigenvalue weighted by Gasteiger charge is 2.32. The van der Waals surface area contributed by atoms with E-state index >= 15 is 0 Å². The SMILES string of the molecule is Nc1cccc2oc(C3CCS(=O)(=O)C3)nc12. The lowest BCUT2D eigenvalue weighted by atomic mass is 10.1. The summed E-state index contributed by atoms with van der Waals surface area (Å²) in [5.74, 6) is 0.691. The molecular formula is C11H12N2O3S. The maximum atomic E-state index is 11.4. The Kier molecular flexibility index (Phi) is 2.16. The second kappa shape index (κ2) is 3.46. The van der Waals surface area contributed by atoms with Crippen LogP contribution in [0.2, 0.25) is 0 Å². The van der Waals surface area contributed by atoms with Gasteiger partial charge in [0.25, 0.3) is 0 Å². The number of nitrogens with two attached hydrogens (primary N) is 1. The third-order valence-corrected chi connectivity index (χ3v) is 4.82. The zero-order valence-corrected chi connectivity index (χ0v) is 9.90. The van der Waals surface area contributed by atoms with Gasteiger partial charge < -0.3 is 10.2 Å². The highest BCUT2D eigenvalue weighted by Crippen LogP contribution is 2.31. The summed E-state index contributed by atoms with van der Waals surface area (Å²) in [4.78, 5) is 4.30. The monoisotopic (exact) mass is 252 g/mol. The van der Waals surface area contributed by atoms with Crippen molar-refractivity contribution in [1.82, 2.24) is 4.98 Å². The molecule has 0 saturated carbocycles. The van der Waals surface area contributed by atoms with Crippen LogP contribution < -0.4 is 5.73 Å². The van der Waals surface area contributed by atoms with E-state index in [1.54, 1.807) is 18.2 Å². The molecule has 1 fully saturated rings. The number of rotatable bonds is 1. The smallest absolute Gasteiger partial charge is 0.199 e.